The molecular weight excluding hydrogens is 398 g/mol. The number of carbonyl (C=O) groups excluding carboxylic acids is 1. The third-order valence-corrected chi connectivity index (χ3v) is 4.87. The molecule has 0 aliphatic carbocycles. The van der Waals surface area contributed by atoms with E-state index in [0.29, 0.717) is 22.1 Å². The Balaban J connectivity index is 2.02. The lowest BCUT2D eigenvalue weighted by Crippen LogP contribution is -2.48. The van der Waals surface area contributed by atoms with Crippen LogP contribution in [0.1, 0.15) is 18.5 Å². The topological polar surface area (TPSA) is 74.6 Å². The highest BCUT2D eigenvalue weighted by Gasteiger charge is 2.35. The van der Waals surface area contributed by atoms with Crippen molar-refractivity contribution in [1.82, 2.24) is 5.32 Å². The molecule has 30 heavy (non-hydrogen) atoms. The predicted molar refractivity (Wildman–Crippen MR) is 119 cm³/mol. The second-order valence-electron chi connectivity index (χ2n) is 6.46. The van der Waals surface area contributed by atoms with Crippen molar-refractivity contribution in [3.05, 3.63) is 84.1 Å². The Kier molecular flexibility index (Phi) is 6.83. The molecule has 1 heterocycles. The van der Waals surface area contributed by atoms with Crippen molar-refractivity contribution < 1.29 is 14.3 Å². The first-order valence-electron chi connectivity index (χ1n) is 9.31. The largest absolute Gasteiger partial charge is 0.479 e. The second-order valence-corrected chi connectivity index (χ2v) is 6.84. The van der Waals surface area contributed by atoms with Crippen LogP contribution in [-0.4, -0.2) is 24.3 Å². The number of hydrogen-bond donors (Lipinski definition) is 1. The first-order valence-corrected chi connectivity index (χ1v) is 9.71. The molecule has 0 spiro atoms. The van der Waals surface area contributed by atoms with Gasteiger partial charge in [0.05, 0.1) is 11.6 Å². The third-order valence-electron chi connectivity index (χ3n) is 4.57. The molecule has 2 aromatic rings. The van der Waals surface area contributed by atoms with Crippen LogP contribution in [0.4, 0.5) is 5.69 Å². The zero-order chi connectivity index (χ0) is 21.5. The molecule has 0 saturated heterocycles. The van der Waals surface area contributed by atoms with E-state index < -0.39 is 12.0 Å². The van der Waals surface area contributed by atoms with Crippen LogP contribution < -0.4 is 15.0 Å². The van der Waals surface area contributed by atoms with E-state index in [9.17, 15) is 4.79 Å². The number of benzene rings is 2. The van der Waals surface area contributed by atoms with E-state index in [1.807, 2.05) is 60.4 Å². The van der Waals surface area contributed by atoms with E-state index in [0.717, 1.165) is 11.3 Å². The first kappa shape index (κ1) is 21.1. The number of hydrogen-bond acceptors (Lipinski definition) is 5. The van der Waals surface area contributed by atoms with Crippen molar-refractivity contribution in [2.45, 2.75) is 13.0 Å². The number of allylic oxidation sites excluding steroid dienone is 1. The van der Waals surface area contributed by atoms with Crippen LogP contribution in [0.2, 0.25) is 0 Å². The summed E-state index contributed by atoms with van der Waals surface area (Å²) >= 11 is 5.62. The molecule has 1 aliphatic heterocycles. The Hall–Kier alpha value is -3.63. The summed E-state index contributed by atoms with van der Waals surface area (Å²) in [6.45, 7) is 5.53. The molecule has 7 heteroatoms. The molecular formula is C23H21N3O3S. The molecule has 0 fully saturated rings. The molecule has 0 saturated carbocycles. The number of nitriles is 1. The van der Waals surface area contributed by atoms with Crippen molar-refractivity contribution in [1.29, 1.82) is 5.26 Å². The molecule has 1 atom stereocenters. The summed E-state index contributed by atoms with van der Waals surface area (Å²) in [6.07, 6.45) is 1.53. The Morgan fingerprint density at radius 3 is 2.60 bits per heavy atom. The van der Waals surface area contributed by atoms with Crippen LogP contribution in [0.25, 0.3) is 0 Å². The highest BCUT2D eigenvalue weighted by atomic mass is 32.1. The smallest absolute Gasteiger partial charge is 0.338 e. The van der Waals surface area contributed by atoms with Crippen molar-refractivity contribution in [3.63, 3.8) is 0 Å². The minimum atomic E-state index is -0.486. The van der Waals surface area contributed by atoms with Gasteiger partial charge in [-0.25, -0.2) is 4.79 Å². The van der Waals surface area contributed by atoms with Crippen LogP contribution in [0.5, 0.6) is 5.75 Å². The Morgan fingerprint density at radius 1 is 1.27 bits per heavy atom. The fourth-order valence-corrected chi connectivity index (χ4v) is 3.59. The summed E-state index contributed by atoms with van der Waals surface area (Å²) < 4.78 is 10.7. The van der Waals surface area contributed by atoms with Gasteiger partial charge in [0.15, 0.2) is 11.7 Å². The Morgan fingerprint density at radius 2 is 1.97 bits per heavy atom. The highest BCUT2D eigenvalue weighted by Crippen LogP contribution is 2.34. The van der Waals surface area contributed by atoms with Gasteiger partial charge < -0.3 is 14.8 Å². The number of nitrogens with zero attached hydrogens (tertiary/aromatic N) is 2. The number of esters is 1. The molecule has 1 N–H and O–H groups in total. The van der Waals surface area contributed by atoms with E-state index in [2.05, 4.69) is 11.9 Å². The lowest BCUT2D eigenvalue weighted by molar-refractivity contribution is -0.138. The average Bonchev–Trinajstić information content (AvgIpc) is 2.76. The number of thiocarbonyl (C=S) groups is 1. The summed E-state index contributed by atoms with van der Waals surface area (Å²) in [5.74, 6) is 0.124. The van der Waals surface area contributed by atoms with Gasteiger partial charge in [0, 0.05) is 11.4 Å². The Labute approximate surface area is 181 Å². The van der Waals surface area contributed by atoms with Crippen LogP contribution in [-0.2, 0) is 9.53 Å². The fourth-order valence-electron chi connectivity index (χ4n) is 3.23. The van der Waals surface area contributed by atoms with Crippen molar-refractivity contribution in [2.24, 2.45) is 0 Å². The van der Waals surface area contributed by atoms with E-state index in [1.54, 1.807) is 12.1 Å². The quantitative estimate of drug-likeness (QED) is 0.413. The molecule has 0 radical (unpaired) electrons. The predicted octanol–water partition coefficient (Wildman–Crippen LogP) is 4.03. The molecule has 0 bridgehead atoms. The van der Waals surface area contributed by atoms with E-state index in [4.69, 9.17) is 27.0 Å². The van der Waals surface area contributed by atoms with Gasteiger partial charge >= 0.3 is 5.97 Å². The van der Waals surface area contributed by atoms with Crippen LogP contribution in [0.3, 0.4) is 0 Å². The summed E-state index contributed by atoms with van der Waals surface area (Å²) in [7, 11) is 0. The maximum absolute atomic E-state index is 12.9. The molecule has 6 nitrogen and oxygen atoms in total. The second kappa shape index (κ2) is 9.72. The number of rotatable bonds is 7. The molecule has 0 unspecified atom stereocenters. The standard InChI is InChI=1S/C23H21N3O3S/c1-3-14-29-22(27)20-16(2)26(18-7-5-4-6-8-18)23(30)25-21(20)17-9-11-19(12-10-17)28-15-13-24/h3-12,21H,1,14-15H2,2H3,(H,25,30)/t21-/m1/s1. The number of carbonyl (C=O) groups is 1. The average molecular weight is 420 g/mol. The molecule has 1 aliphatic rings. The number of nitrogens with one attached hydrogen (secondary N) is 1. The summed E-state index contributed by atoms with van der Waals surface area (Å²) in [5, 5.41) is 12.4. The van der Waals surface area contributed by atoms with Gasteiger partial charge in [-0.05, 0) is 49.0 Å². The van der Waals surface area contributed by atoms with Crippen LogP contribution in [0.15, 0.2) is 78.5 Å². The number of anilines is 1. The van der Waals surface area contributed by atoms with Gasteiger partial charge in [0.2, 0.25) is 0 Å². The van der Waals surface area contributed by atoms with Gasteiger partial charge in [-0.2, -0.15) is 5.26 Å². The monoisotopic (exact) mass is 419 g/mol. The number of ether oxygens (including phenoxy) is 2. The molecule has 0 aromatic heterocycles. The van der Waals surface area contributed by atoms with Gasteiger partial charge in [0.25, 0.3) is 0 Å². The zero-order valence-electron chi connectivity index (χ0n) is 16.5. The summed E-state index contributed by atoms with van der Waals surface area (Å²) in [4.78, 5) is 14.8. The van der Waals surface area contributed by atoms with E-state index in [1.165, 1.54) is 6.08 Å². The SMILES string of the molecule is C=CCOC(=O)C1=C(C)N(c2ccccc2)C(=S)N[C@@H]1c1ccc(OCC#N)cc1. The third kappa shape index (κ3) is 4.50. The Bertz CT molecular complexity index is 1010. The van der Waals surface area contributed by atoms with Gasteiger partial charge in [-0.1, -0.05) is 43.0 Å². The van der Waals surface area contributed by atoms with Crippen molar-refractivity contribution in [2.75, 3.05) is 18.1 Å². The summed E-state index contributed by atoms with van der Waals surface area (Å²) in [5.41, 5.74) is 2.81. The lowest BCUT2D eigenvalue weighted by atomic mass is 9.94. The van der Waals surface area contributed by atoms with Gasteiger partial charge in [0.1, 0.15) is 18.4 Å². The number of para-hydroxylation sites is 1. The normalized spacial score (nSPS) is 15.8. The molecule has 0 amide bonds. The van der Waals surface area contributed by atoms with E-state index in [-0.39, 0.29) is 13.2 Å². The fraction of sp³-hybridized carbons (Fsp3) is 0.174. The maximum Gasteiger partial charge on any atom is 0.338 e. The first-order chi connectivity index (χ1) is 14.6. The molecule has 152 valence electrons. The van der Waals surface area contributed by atoms with Crippen molar-refractivity contribution in [3.8, 4) is 11.8 Å². The van der Waals surface area contributed by atoms with E-state index >= 15 is 0 Å². The van der Waals surface area contributed by atoms with Crippen molar-refractivity contribution >= 4 is 29.0 Å². The summed E-state index contributed by atoms with van der Waals surface area (Å²) in [6, 6.07) is 18.2. The van der Waals surface area contributed by atoms with Crippen LogP contribution >= 0.6 is 12.2 Å². The van der Waals surface area contributed by atoms with Crippen LogP contribution in [0, 0.1) is 11.3 Å². The lowest BCUT2D eigenvalue weighted by Gasteiger charge is -2.37. The zero-order valence-corrected chi connectivity index (χ0v) is 17.3. The minimum absolute atomic E-state index is 0.0325. The van der Waals surface area contributed by atoms with Gasteiger partial charge in [-0.3, -0.25) is 4.90 Å². The molecule has 2 aromatic carbocycles. The maximum atomic E-state index is 12.9. The minimum Gasteiger partial charge on any atom is -0.479 e. The van der Waals surface area contributed by atoms with Gasteiger partial charge in [-0.15, -0.1) is 0 Å². The molecule has 3 rings (SSSR count). The highest BCUT2D eigenvalue weighted by molar-refractivity contribution is 7.80.